The number of pyridine rings is 1. The average Bonchev–Trinajstić information content (AvgIpc) is 2.97. The minimum absolute atomic E-state index is 0.0483. The van der Waals surface area contributed by atoms with Crippen molar-refractivity contribution in [3.63, 3.8) is 0 Å². The molecule has 1 amide bonds. The molecule has 0 bridgehead atoms. The molecule has 0 spiro atoms. The van der Waals surface area contributed by atoms with Gasteiger partial charge in [0.15, 0.2) is 0 Å². The van der Waals surface area contributed by atoms with E-state index in [1.165, 1.54) is 36.8 Å². The minimum atomic E-state index is -0.0559. The second kappa shape index (κ2) is 7.99. The lowest BCUT2D eigenvalue weighted by Crippen LogP contribution is -2.31. The number of nitrogens with zero attached hydrogens (tertiary/aromatic N) is 2. The van der Waals surface area contributed by atoms with E-state index in [0.29, 0.717) is 5.56 Å². The number of carbonyl (C=O) groups excluding carboxylic acids is 1. The van der Waals surface area contributed by atoms with Gasteiger partial charge in [-0.15, -0.1) is 0 Å². The van der Waals surface area contributed by atoms with Gasteiger partial charge in [-0.25, -0.2) is 4.98 Å². The third kappa shape index (κ3) is 4.07. The Morgan fingerprint density at radius 3 is 2.63 bits per heavy atom. The summed E-state index contributed by atoms with van der Waals surface area (Å²) in [6.45, 7) is 2.11. The van der Waals surface area contributed by atoms with Crippen molar-refractivity contribution in [2.45, 2.75) is 51.0 Å². The molecule has 1 atom stereocenters. The van der Waals surface area contributed by atoms with Gasteiger partial charge in [0.05, 0.1) is 11.6 Å². The molecule has 1 saturated heterocycles. The molecule has 1 aliphatic carbocycles. The molecule has 5 nitrogen and oxygen atoms in total. The number of aryl methyl sites for hydroxylation is 1. The fraction of sp³-hybridized carbons (Fsp3) is 0.455. The summed E-state index contributed by atoms with van der Waals surface area (Å²) in [6, 6.07) is 9.93. The van der Waals surface area contributed by atoms with E-state index in [9.17, 15) is 4.79 Å². The van der Waals surface area contributed by atoms with E-state index in [0.717, 1.165) is 43.9 Å². The summed E-state index contributed by atoms with van der Waals surface area (Å²) in [4.78, 5) is 19.6. The monoisotopic (exact) mass is 364 g/mol. The van der Waals surface area contributed by atoms with E-state index in [-0.39, 0.29) is 11.9 Å². The van der Waals surface area contributed by atoms with E-state index >= 15 is 0 Å². The zero-order chi connectivity index (χ0) is 18.6. The van der Waals surface area contributed by atoms with Crippen molar-refractivity contribution in [1.82, 2.24) is 10.3 Å². The van der Waals surface area contributed by atoms with Crippen LogP contribution in [0.4, 0.5) is 11.5 Å². The summed E-state index contributed by atoms with van der Waals surface area (Å²) in [5.74, 6) is 0.923. The van der Waals surface area contributed by atoms with E-state index in [2.05, 4.69) is 21.3 Å². The number of nitrogens with two attached hydrogens (primary N) is 1. The molecule has 3 N–H and O–H groups in total. The summed E-state index contributed by atoms with van der Waals surface area (Å²) in [7, 11) is 0. The molecule has 1 aliphatic heterocycles. The number of amides is 1. The maximum Gasteiger partial charge on any atom is 0.253 e. The van der Waals surface area contributed by atoms with Crippen LogP contribution in [0.25, 0.3) is 0 Å². The van der Waals surface area contributed by atoms with Crippen molar-refractivity contribution in [2.75, 3.05) is 23.7 Å². The highest BCUT2D eigenvalue weighted by molar-refractivity contribution is 5.94. The number of anilines is 2. The zero-order valence-corrected chi connectivity index (χ0v) is 15.8. The van der Waals surface area contributed by atoms with Crippen LogP contribution in [-0.4, -0.2) is 24.0 Å². The smallest absolute Gasteiger partial charge is 0.253 e. The molecular weight excluding hydrogens is 336 g/mol. The topological polar surface area (TPSA) is 71.2 Å². The van der Waals surface area contributed by atoms with Crippen molar-refractivity contribution in [2.24, 2.45) is 0 Å². The Morgan fingerprint density at radius 2 is 1.89 bits per heavy atom. The molecule has 5 heteroatoms. The summed E-state index contributed by atoms with van der Waals surface area (Å²) in [6.07, 6.45) is 9.79. The predicted molar refractivity (Wildman–Crippen MR) is 109 cm³/mol. The Hall–Kier alpha value is -2.56. The molecule has 142 valence electrons. The molecule has 1 aromatic heterocycles. The Labute approximate surface area is 161 Å². The highest BCUT2D eigenvalue weighted by Crippen LogP contribution is 2.31. The number of rotatable bonds is 3. The van der Waals surface area contributed by atoms with E-state index in [4.69, 9.17) is 5.73 Å². The van der Waals surface area contributed by atoms with Crippen LogP contribution in [0.3, 0.4) is 0 Å². The molecule has 2 aromatic rings. The van der Waals surface area contributed by atoms with Gasteiger partial charge in [0.25, 0.3) is 5.91 Å². The third-order valence-corrected chi connectivity index (χ3v) is 5.73. The lowest BCUT2D eigenvalue weighted by molar-refractivity contribution is 0.0932. The number of fused-ring (bicyclic) bond motifs is 1. The van der Waals surface area contributed by atoms with Crippen molar-refractivity contribution in [3.05, 3.63) is 53.2 Å². The molecule has 0 radical (unpaired) electrons. The van der Waals surface area contributed by atoms with Crippen LogP contribution in [0.2, 0.25) is 0 Å². The Bertz CT molecular complexity index is 794. The normalized spacial score (nSPS) is 19.9. The van der Waals surface area contributed by atoms with Crippen molar-refractivity contribution >= 4 is 17.4 Å². The van der Waals surface area contributed by atoms with Gasteiger partial charge >= 0.3 is 0 Å². The number of carbonyl (C=O) groups is 1. The second-order valence-corrected chi connectivity index (χ2v) is 7.68. The Morgan fingerprint density at radius 1 is 1.07 bits per heavy atom. The lowest BCUT2D eigenvalue weighted by Gasteiger charge is -2.27. The molecule has 1 aromatic carbocycles. The van der Waals surface area contributed by atoms with Crippen LogP contribution in [0.5, 0.6) is 0 Å². The fourth-order valence-electron chi connectivity index (χ4n) is 4.23. The van der Waals surface area contributed by atoms with Crippen molar-refractivity contribution < 1.29 is 4.79 Å². The van der Waals surface area contributed by atoms with Gasteiger partial charge in [-0.05, 0) is 67.5 Å². The molecule has 27 heavy (non-hydrogen) atoms. The molecule has 4 rings (SSSR count). The van der Waals surface area contributed by atoms with Gasteiger partial charge in [0.2, 0.25) is 0 Å². The van der Waals surface area contributed by atoms with Crippen molar-refractivity contribution in [3.8, 4) is 0 Å². The number of benzene rings is 1. The van der Waals surface area contributed by atoms with E-state index in [1.54, 1.807) is 6.20 Å². The molecule has 1 unspecified atom stereocenters. The van der Waals surface area contributed by atoms with Gasteiger partial charge in [0.1, 0.15) is 5.82 Å². The van der Waals surface area contributed by atoms with Gasteiger partial charge in [0, 0.05) is 25.0 Å². The van der Waals surface area contributed by atoms with Crippen molar-refractivity contribution in [1.29, 1.82) is 0 Å². The predicted octanol–water partition coefficient (Wildman–Crippen LogP) is 3.85. The number of aromatic nitrogens is 1. The molecular formula is C22H28N4O. The minimum Gasteiger partial charge on any atom is -0.399 e. The highest BCUT2D eigenvalue weighted by Gasteiger charge is 2.22. The molecule has 2 heterocycles. The number of nitrogen functional groups attached to an aromatic ring is 1. The van der Waals surface area contributed by atoms with Gasteiger partial charge in [-0.3, -0.25) is 4.79 Å². The summed E-state index contributed by atoms with van der Waals surface area (Å²) in [5, 5.41) is 3.19. The Kier molecular flexibility index (Phi) is 5.28. The van der Waals surface area contributed by atoms with Crippen LogP contribution >= 0.6 is 0 Å². The maximum atomic E-state index is 12.7. The van der Waals surface area contributed by atoms with Gasteiger partial charge in [-0.2, -0.15) is 0 Å². The van der Waals surface area contributed by atoms with Gasteiger partial charge in [-0.1, -0.05) is 18.9 Å². The molecule has 2 aliphatic rings. The number of hydrogen-bond donors (Lipinski definition) is 2. The first-order valence-corrected chi connectivity index (χ1v) is 10.1. The highest BCUT2D eigenvalue weighted by atomic mass is 16.1. The van der Waals surface area contributed by atoms with Gasteiger partial charge < -0.3 is 16.0 Å². The first-order chi connectivity index (χ1) is 13.2. The lowest BCUT2D eigenvalue weighted by atomic mass is 9.87. The molecule has 0 saturated carbocycles. The quantitative estimate of drug-likeness (QED) is 0.812. The summed E-state index contributed by atoms with van der Waals surface area (Å²) in [5.41, 5.74) is 9.76. The van der Waals surface area contributed by atoms with Crippen LogP contribution in [0, 0.1) is 0 Å². The number of hydrogen-bond acceptors (Lipinski definition) is 4. The standard InChI is InChI=1S/C22H28N4O/c23-18-9-10-19-16(14-18)6-5-7-20(19)25-22(27)17-8-11-21(24-15-17)26-12-3-1-2-4-13-26/h8-11,14-15,20H,1-7,12-13,23H2,(H,25,27). The van der Waals surface area contributed by atoms with Crippen LogP contribution < -0.4 is 16.0 Å². The van der Waals surface area contributed by atoms with E-state index < -0.39 is 0 Å². The second-order valence-electron chi connectivity index (χ2n) is 7.68. The van der Waals surface area contributed by atoms with Crippen LogP contribution in [0.1, 0.15) is 66.1 Å². The maximum absolute atomic E-state index is 12.7. The number of nitrogens with one attached hydrogen (secondary N) is 1. The van der Waals surface area contributed by atoms with E-state index in [1.807, 2.05) is 24.3 Å². The largest absolute Gasteiger partial charge is 0.399 e. The third-order valence-electron chi connectivity index (χ3n) is 5.73. The Balaban J connectivity index is 1.44. The first kappa shape index (κ1) is 17.8. The average molecular weight is 364 g/mol. The first-order valence-electron chi connectivity index (χ1n) is 10.1. The molecule has 1 fully saturated rings. The van der Waals surface area contributed by atoms with Crippen LogP contribution in [-0.2, 0) is 6.42 Å². The van der Waals surface area contributed by atoms with Crippen LogP contribution in [0.15, 0.2) is 36.5 Å². The fourth-order valence-corrected chi connectivity index (χ4v) is 4.23. The SMILES string of the molecule is Nc1ccc2c(c1)CCCC2NC(=O)c1ccc(N2CCCCCC2)nc1. The summed E-state index contributed by atoms with van der Waals surface area (Å²) < 4.78 is 0. The summed E-state index contributed by atoms with van der Waals surface area (Å²) >= 11 is 0. The zero-order valence-electron chi connectivity index (χ0n) is 15.8.